The lowest BCUT2D eigenvalue weighted by Crippen LogP contribution is -1.85. The average Bonchev–Trinajstić information content (AvgIpc) is 2.45. The summed E-state index contributed by atoms with van der Waals surface area (Å²) in [6, 6.07) is 8.01. The summed E-state index contributed by atoms with van der Waals surface area (Å²) in [6.07, 6.45) is 4.96. The zero-order valence-corrected chi connectivity index (χ0v) is 11.3. The summed E-state index contributed by atoms with van der Waals surface area (Å²) in [5.41, 5.74) is 1.47. The van der Waals surface area contributed by atoms with Crippen molar-refractivity contribution in [3.8, 4) is 11.5 Å². The summed E-state index contributed by atoms with van der Waals surface area (Å²) in [6.45, 7) is 2.15. The Hall–Kier alpha value is -2.43. The van der Waals surface area contributed by atoms with Gasteiger partial charge in [-0.05, 0) is 42.7 Å². The maximum Gasteiger partial charge on any atom is 0.174 e. The molecule has 2 rings (SSSR count). The van der Waals surface area contributed by atoms with Crippen molar-refractivity contribution in [1.29, 1.82) is 0 Å². The van der Waals surface area contributed by atoms with E-state index in [-0.39, 0.29) is 11.5 Å². The van der Waals surface area contributed by atoms with Gasteiger partial charge in [-0.2, -0.15) is 0 Å². The van der Waals surface area contributed by atoms with Crippen LogP contribution in [-0.4, -0.2) is 15.2 Å². The van der Waals surface area contributed by atoms with E-state index in [1.807, 2.05) is 12.1 Å². The Bertz CT molecular complexity index is 612. The predicted octanol–water partition coefficient (Wildman–Crippen LogP) is 4.25. The van der Waals surface area contributed by atoms with E-state index in [9.17, 15) is 10.2 Å². The summed E-state index contributed by atoms with van der Waals surface area (Å²) >= 11 is 0. The second kappa shape index (κ2) is 6.65. The molecule has 0 fully saturated rings. The normalized spacial score (nSPS) is 11.1. The van der Waals surface area contributed by atoms with Gasteiger partial charge < -0.3 is 10.2 Å². The van der Waals surface area contributed by atoms with Crippen molar-refractivity contribution in [2.75, 3.05) is 0 Å². The van der Waals surface area contributed by atoms with Gasteiger partial charge in [0.15, 0.2) is 5.82 Å². The van der Waals surface area contributed by atoms with Crippen LogP contribution in [0.2, 0.25) is 0 Å². The standard InChI is InChI=1S/C15H17N3O2/c1-2-3-4-11-7-8-16-15(9-11)18-17-13-6-5-12(19)10-14(13)20/h5-10,19-20H,2-4H2,1H3. The first-order chi connectivity index (χ1) is 9.69. The van der Waals surface area contributed by atoms with Gasteiger partial charge in [-0.15, -0.1) is 10.2 Å². The minimum absolute atomic E-state index is 0.0128. The highest BCUT2D eigenvalue weighted by molar-refractivity contribution is 5.53. The monoisotopic (exact) mass is 271 g/mol. The summed E-state index contributed by atoms with van der Waals surface area (Å²) in [5.74, 6) is 0.378. The zero-order chi connectivity index (χ0) is 14.4. The maximum atomic E-state index is 9.61. The molecule has 0 aliphatic carbocycles. The molecule has 20 heavy (non-hydrogen) atoms. The van der Waals surface area contributed by atoms with E-state index in [1.165, 1.54) is 23.8 Å². The van der Waals surface area contributed by atoms with Crippen LogP contribution in [0.3, 0.4) is 0 Å². The van der Waals surface area contributed by atoms with Gasteiger partial charge in [0.1, 0.15) is 17.2 Å². The molecular weight excluding hydrogens is 254 g/mol. The molecule has 1 heterocycles. The lowest BCUT2D eigenvalue weighted by molar-refractivity contribution is 0.451. The minimum Gasteiger partial charge on any atom is -0.508 e. The molecule has 1 aromatic heterocycles. The lowest BCUT2D eigenvalue weighted by Gasteiger charge is -2.00. The summed E-state index contributed by atoms with van der Waals surface area (Å²) in [4.78, 5) is 4.12. The van der Waals surface area contributed by atoms with Crippen LogP contribution in [0.1, 0.15) is 25.3 Å². The van der Waals surface area contributed by atoms with Gasteiger partial charge in [0.25, 0.3) is 0 Å². The summed E-state index contributed by atoms with van der Waals surface area (Å²) in [7, 11) is 0. The number of hydrogen-bond donors (Lipinski definition) is 2. The number of pyridine rings is 1. The van der Waals surface area contributed by atoms with Gasteiger partial charge in [-0.1, -0.05) is 13.3 Å². The number of aryl methyl sites for hydroxylation is 1. The molecule has 5 nitrogen and oxygen atoms in total. The van der Waals surface area contributed by atoms with Gasteiger partial charge in [0.2, 0.25) is 0 Å². The van der Waals surface area contributed by atoms with Crippen LogP contribution < -0.4 is 0 Å². The topological polar surface area (TPSA) is 78.1 Å². The van der Waals surface area contributed by atoms with Gasteiger partial charge in [0, 0.05) is 12.3 Å². The van der Waals surface area contributed by atoms with Crippen molar-refractivity contribution in [2.24, 2.45) is 10.2 Å². The van der Waals surface area contributed by atoms with E-state index in [0.29, 0.717) is 11.5 Å². The number of azo groups is 1. The second-order valence-corrected chi connectivity index (χ2v) is 4.50. The minimum atomic E-state index is -0.115. The third-order valence-corrected chi connectivity index (χ3v) is 2.85. The fourth-order valence-electron chi connectivity index (χ4n) is 1.75. The Morgan fingerprint density at radius 2 is 1.95 bits per heavy atom. The molecule has 0 bridgehead atoms. The molecule has 1 aromatic carbocycles. The smallest absolute Gasteiger partial charge is 0.174 e. The van der Waals surface area contributed by atoms with Crippen molar-refractivity contribution in [2.45, 2.75) is 26.2 Å². The second-order valence-electron chi connectivity index (χ2n) is 4.50. The average molecular weight is 271 g/mol. The quantitative estimate of drug-likeness (QED) is 0.798. The van der Waals surface area contributed by atoms with Crippen LogP contribution in [0.4, 0.5) is 11.5 Å². The van der Waals surface area contributed by atoms with Crippen LogP contribution in [0.15, 0.2) is 46.8 Å². The van der Waals surface area contributed by atoms with Crippen LogP contribution >= 0.6 is 0 Å². The number of aromatic nitrogens is 1. The molecule has 0 aliphatic heterocycles. The highest BCUT2D eigenvalue weighted by atomic mass is 16.3. The summed E-state index contributed by atoms with van der Waals surface area (Å²) in [5, 5.41) is 26.8. The maximum absolute atomic E-state index is 9.61. The molecule has 0 amide bonds. The first kappa shape index (κ1) is 14.0. The third kappa shape index (κ3) is 3.78. The third-order valence-electron chi connectivity index (χ3n) is 2.85. The van der Waals surface area contributed by atoms with Crippen LogP contribution in [0, 0.1) is 0 Å². The summed E-state index contributed by atoms with van der Waals surface area (Å²) < 4.78 is 0. The molecule has 2 N–H and O–H groups in total. The largest absolute Gasteiger partial charge is 0.508 e. The van der Waals surface area contributed by atoms with Crippen molar-refractivity contribution in [1.82, 2.24) is 4.98 Å². The molecule has 0 saturated carbocycles. The number of aromatic hydroxyl groups is 2. The van der Waals surface area contributed by atoms with Gasteiger partial charge >= 0.3 is 0 Å². The molecule has 5 heteroatoms. The fraction of sp³-hybridized carbons (Fsp3) is 0.267. The van der Waals surface area contributed by atoms with E-state index in [2.05, 4.69) is 22.1 Å². The van der Waals surface area contributed by atoms with Crippen molar-refractivity contribution >= 4 is 11.5 Å². The van der Waals surface area contributed by atoms with E-state index < -0.39 is 0 Å². The number of unbranched alkanes of at least 4 members (excludes halogenated alkanes) is 1. The molecule has 0 saturated heterocycles. The Morgan fingerprint density at radius 1 is 1.10 bits per heavy atom. The Balaban J connectivity index is 2.14. The molecule has 0 atom stereocenters. The van der Waals surface area contributed by atoms with E-state index in [1.54, 1.807) is 6.20 Å². The molecule has 0 spiro atoms. The predicted molar refractivity (Wildman–Crippen MR) is 76.8 cm³/mol. The van der Waals surface area contributed by atoms with E-state index >= 15 is 0 Å². The van der Waals surface area contributed by atoms with Crippen molar-refractivity contribution in [3.05, 3.63) is 42.1 Å². The highest BCUT2D eigenvalue weighted by Crippen LogP contribution is 2.30. The SMILES string of the molecule is CCCCc1ccnc(N=Nc2ccc(O)cc2O)c1. The van der Waals surface area contributed by atoms with Crippen molar-refractivity contribution in [3.63, 3.8) is 0 Å². The van der Waals surface area contributed by atoms with E-state index in [4.69, 9.17) is 0 Å². The van der Waals surface area contributed by atoms with Crippen LogP contribution in [0.25, 0.3) is 0 Å². The first-order valence-electron chi connectivity index (χ1n) is 6.57. The van der Waals surface area contributed by atoms with Crippen LogP contribution in [0.5, 0.6) is 11.5 Å². The number of nitrogens with zero attached hydrogens (tertiary/aromatic N) is 3. The Labute approximate surface area is 117 Å². The Morgan fingerprint density at radius 3 is 2.70 bits per heavy atom. The molecular formula is C15H17N3O2. The number of phenols is 2. The number of rotatable bonds is 5. The number of benzene rings is 1. The Kier molecular flexibility index (Phi) is 4.65. The fourth-order valence-corrected chi connectivity index (χ4v) is 1.75. The van der Waals surface area contributed by atoms with Gasteiger partial charge in [-0.3, -0.25) is 0 Å². The molecule has 104 valence electrons. The van der Waals surface area contributed by atoms with Gasteiger partial charge in [-0.25, -0.2) is 4.98 Å². The first-order valence-corrected chi connectivity index (χ1v) is 6.57. The number of hydrogen-bond acceptors (Lipinski definition) is 5. The van der Waals surface area contributed by atoms with Gasteiger partial charge in [0.05, 0.1) is 0 Å². The van der Waals surface area contributed by atoms with Crippen molar-refractivity contribution < 1.29 is 10.2 Å². The van der Waals surface area contributed by atoms with E-state index in [0.717, 1.165) is 19.3 Å². The highest BCUT2D eigenvalue weighted by Gasteiger charge is 2.01. The molecule has 0 aliphatic rings. The molecule has 2 aromatic rings. The number of phenolic OH excluding ortho intramolecular Hbond substituents is 2. The molecule has 0 unspecified atom stereocenters. The van der Waals surface area contributed by atoms with Crippen LogP contribution in [-0.2, 0) is 6.42 Å². The molecule has 0 radical (unpaired) electrons. The lowest BCUT2D eigenvalue weighted by atomic mass is 10.1. The zero-order valence-electron chi connectivity index (χ0n) is 11.3.